The van der Waals surface area contributed by atoms with Crippen molar-refractivity contribution in [2.24, 2.45) is 4.90 Å². The van der Waals surface area contributed by atoms with Crippen LogP contribution >= 0.6 is 0 Å². The van der Waals surface area contributed by atoms with Crippen molar-refractivity contribution in [3.63, 3.8) is 0 Å². The Bertz CT molecular complexity index is 156. The van der Waals surface area contributed by atoms with E-state index in [1.54, 1.807) is 0 Å². The Morgan fingerprint density at radius 3 is 2.62 bits per heavy atom. The quantitative estimate of drug-likeness (QED) is 0.268. The van der Waals surface area contributed by atoms with Gasteiger partial charge in [0.2, 0.25) is 0 Å². The van der Waals surface area contributed by atoms with Crippen LogP contribution in [-0.4, -0.2) is 7.27 Å². The monoisotopic (exact) mass is 119 g/mol. The van der Waals surface area contributed by atoms with E-state index in [-0.39, 0.29) is 0 Å². The molecule has 8 heavy (non-hydrogen) atoms. The zero-order valence-electron chi connectivity index (χ0n) is 3.60. The topological polar surface area (TPSA) is 30.8 Å². The van der Waals surface area contributed by atoms with Crippen LogP contribution in [0.15, 0.2) is 16.9 Å². The molecule has 0 aromatic heterocycles. The van der Waals surface area contributed by atoms with Gasteiger partial charge in [-0.05, 0) is 0 Å². The fourth-order valence-corrected chi connectivity index (χ4v) is 0.217. The van der Waals surface area contributed by atoms with Gasteiger partial charge in [0.05, 0.1) is 0 Å². The second-order valence-corrected chi connectivity index (χ2v) is 0.979. The molecule has 0 aromatic rings. The molecule has 0 amide bonds. The first kappa shape index (κ1) is 5.21. The average molecular weight is 119 g/mol. The second-order valence-electron chi connectivity index (χ2n) is 0.979. The normalized spacial score (nSPS) is 16.8. The molecule has 42 valence electrons. The summed E-state index contributed by atoms with van der Waals surface area (Å²) in [6.45, 7) is 0. The second kappa shape index (κ2) is 1.89. The van der Waals surface area contributed by atoms with Gasteiger partial charge in [0.15, 0.2) is 0 Å². The summed E-state index contributed by atoms with van der Waals surface area (Å²) in [4.78, 5) is 10.1. The van der Waals surface area contributed by atoms with Gasteiger partial charge in [-0.1, -0.05) is 0 Å². The summed E-state index contributed by atoms with van der Waals surface area (Å²) in [6.07, 6.45) is 0. The van der Waals surface area contributed by atoms with Crippen molar-refractivity contribution in [1.82, 2.24) is 0 Å². The van der Waals surface area contributed by atoms with Crippen molar-refractivity contribution in [1.29, 1.82) is 0 Å². The van der Waals surface area contributed by atoms with Crippen LogP contribution in [0, 0.1) is 0 Å². The fraction of sp³-hybridized carbons (Fsp3) is 0. The van der Waals surface area contributed by atoms with E-state index in [0.717, 1.165) is 0 Å². The predicted octanol–water partition coefficient (Wildman–Crippen LogP) is 0.817. The first-order chi connectivity index (χ1) is 3.80. The Kier molecular flexibility index (Phi) is 1.23. The summed E-state index contributed by atoms with van der Waals surface area (Å²) in [6, 6.07) is -1.45. The number of halogens is 2. The van der Waals surface area contributed by atoms with Gasteiger partial charge in [0, 0.05) is 0 Å². The fourth-order valence-electron chi connectivity index (χ4n) is 0.217. The summed E-state index contributed by atoms with van der Waals surface area (Å²) < 4.78 is 23.3. The third-order valence-corrected chi connectivity index (χ3v) is 0.493. The number of hydrogen-bond donors (Lipinski definition) is 0. The van der Waals surface area contributed by atoms with Crippen molar-refractivity contribution in [3.8, 4) is 0 Å². The Morgan fingerprint density at radius 1 is 1.50 bits per heavy atom. The molecule has 0 saturated heterocycles. The molecular weight excluding hydrogens is 119 g/mol. The maximum atomic E-state index is 11.7. The number of nitrogens with zero attached hydrogens (tertiary/aromatic N) is 1. The van der Waals surface area contributed by atoms with Gasteiger partial charge in [-0.15, -0.1) is 0 Å². The molecule has 0 spiro atoms. The molecule has 6 heteroatoms. The molecule has 3 nitrogen and oxygen atoms in total. The molecule has 0 N–H and O–H groups in total. The average Bonchev–Trinajstić information content (AvgIpc) is 1.77. The minimum atomic E-state index is -1.45. The number of rotatable bonds is 0. The van der Waals surface area contributed by atoms with Crippen LogP contribution in [0.2, 0.25) is 0 Å². The van der Waals surface area contributed by atoms with Crippen LogP contribution in [0.4, 0.5) is 8.78 Å². The van der Waals surface area contributed by atoms with Gasteiger partial charge in [-0.2, -0.15) is 0 Å². The van der Waals surface area contributed by atoms with E-state index in [1.165, 1.54) is 0 Å². The predicted molar refractivity (Wildman–Crippen MR) is 19.6 cm³/mol. The Hall–Kier alpha value is -0.935. The third kappa shape index (κ3) is 0.826. The molecule has 1 heterocycles. The van der Waals surface area contributed by atoms with Gasteiger partial charge >= 0.3 is 42.6 Å². The van der Waals surface area contributed by atoms with Crippen LogP contribution in [0.5, 0.6) is 0 Å². The van der Waals surface area contributed by atoms with Crippen LogP contribution in [-0.2, 0) is 9.69 Å². The van der Waals surface area contributed by atoms with E-state index in [9.17, 15) is 8.78 Å². The van der Waals surface area contributed by atoms with Crippen LogP contribution in [0.1, 0.15) is 0 Å². The molecule has 1 rings (SSSR count). The molecule has 0 bridgehead atoms. The molecular formula is C2BF2NO2. The van der Waals surface area contributed by atoms with Gasteiger partial charge in [-0.25, -0.2) is 0 Å². The zero-order valence-corrected chi connectivity index (χ0v) is 3.60. The zero-order chi connectivity index (χ0) is 5.98. The van der Waals surface area contributed by atoms with E-state index in [4.69, 9.17) is 0 Å². The van der Waals surface area contributed by atoms with Crippen LogP contribution in [0.25, 0.3) is 0 Å². The summed E-state index contributed by atoms with van der Waals surface area (Å²) in [5, 5.41) is 0. The summed E-state index contributed by atoms with van der Waals surface area (Å²) in [5.41, 5.74) is 0. The van der Waals surface area contributed by atoms with E-state index < -0.39 is 12.0 Å². The minimum absolute atomic E-state index is 0.651. The molecule has 0 radical (unpaired) electrons. The van der Waals surface area contributed by atoms with Crippen molar-refractivity contribution in [2.75, 3.05) is 0 Å². The van der Waals surface area contributed by atoms with E-state index in [0.29, 0.717) is 7.27 Å². The Morgan fingerprint density at radius 2 is 2.25 bits per heavy atom. The maximum absolute atomic E-state index is 11.7. The van der Waals surface area contributed by atoms with E-state index in [2.05, 4.69) is 14.6 Å². The van der Waals surface area contributed by atoms with Gasteiger partial charge in [0.1, 0.15) is 0 Å². The summed E-state index contributed by atoms with van der Waals surface area (Å²) in [7, 11) is 0.651. The third-order valence-electron chi connectivity index (χ3n) is 0.493. The van der Waals surface area contributed by atoms with E-state index in [1.807, 2.05) is 0 Å². The molecule has 0 atom stereocenters. The summed E-state index contributed by atoms with van der Waals surface area (Å²) in [5.74, 6) is -1.31. The Balaban J connectivity index is 2.76. The molecule has 1 aliphatic heterocycles. The van der Waals surface area contributed by atoms with Crippen molar-refractivity contribution in [3.05, 3.63) is 12.0 Å². The van der Waals surface area contributed by atoms with Gasteiger partial charge < -0.3 is 0 Å². The SMILES string of the molecule is FC1=C(F)OOB=N1. The Labute approximate surface area is 43.8 Å². The standard InChI is InChI=1S/C2BF2NO2/c4-1-2(5)7-8-3-6-1. The molecule has 0 aromatic carbocycles. The van der Waals surface area contributed by atoms with E-state index >= 15 is 0 Å². The molecule has 0 unspecified atom stereocenters. The first-order valence-corrected chi connectivity index (χ1v) is 1.72. The van der Waals surface area contributed by atoms with Crippen molar-refractivity contribution in [2.45, 2.75) is 0 Å². The molecule has 0 aliphatic carbocycles. The number of hydrogen-bond acceptors (Lipinski definition) is 3. The molecule has 0 fully saturated rings. The molecule has 0 saturated carbocycles. The van der Waals surface area contributed by atoms with Gasteiger partial charge in [-0.3, -0.25) is 0 Å². The van der Waals surface area contributed by atoms with Crippen LogP contribution in [0.3, 0.4) is 0 Å². The summed E-state index contributed by atoms with van der Waals surface area (Å²) >= 11 is 0. The van der Waals surface area contributed by atoms with Gasteiger partial charge in [0.25, 0.3) is 0 Å². The first-order valence-electron chi connectivity index (χ1n) is 1.72. The van der Waals surface area contributed by atoms with Crippen molar-refractivity contribution >= 4 is 7.27 Å². The molecule has 1 aliphatic rings. The van der Waals surface area contributed by atoms with Crippen molar-refractivity contribution < 1.29 is 18.5 Å². The van der Waals surface area contributed by atoms with Crippen LogP contribution < -0.4 is 0 Å².